The molecular weight excluding hydrogens is 394 g/mol. The molecule has 0 spiro atoms. The van der Waals surface area contributed by atoms with Crippen molar-refractivity contribution < 1.29 is 9.53 Å². The number of hydrogen-bond acceptors (Lipinski definition) is 5. The second-order valence-electron chi connectivity index (χ2n) is 7.11. The summed E-state index contributed by atoms with van der Waals surface area (Å²) in [6.07, 6.45) is 3.39. The van der Waals surface area contributed by atoms with E-state index in [4.69, 9.17) is 4.74 Å². The lowest BCUT2D eigenvalue weighted by atomic mass is 9.87. The zero-order valence-electron chi connectivity index (χ0n) is 16.5. The molecule has 0 saturated heterocycles. The number of rotatable bonds is 5. The van der Waals surface area contributed by atoms with Crippen LogP contribution in [0.4, 0.5) is 0 Å². The third-order valence-corrected chi connectivity index (χ3v) is 5.16. The van der Waals surface area contributed by atoms with E-state index in [0.717, 1.165) is 11.1 Å². The Kier molecular flexibility index (Phi) is 4.80. The van der Waals surface area contributed by atoms with Gasteiger partial charge in [0.15, 0.2) is 5.82 Å². The first-order chi connectivity index (χ1) is 15.2. The van der Waals surface area contributed by atoms with Crippen LogP contribution in [0, 0.1) is 0 Å². The van der Waals surface area contributed by atoms with Gasteiger partial charge in [-0.25, -0.2) is 9.36 Å². The highest BCUT2D eigenvalue weighted by molar-refractivity contribution is 5.89. The summed E-state index contributed by atoms with van der Waals surface area (Å²) in [4.78, 5) is 25.4. The van der Waals surface area contributed by atoms with Gasteiger partial charge in [-0.2, -0.15) is 5.10 Å². The van der Waals surface area contributed by atoms with Gasteiger partial charge in [-0.1, -0.05) is 36.4 Å². The summed E-state index contributed by atoms with van der Waals surface area (Å²) in [5.74, 6) is 1.24. The Labute approximate surface area is 177 Å². The maximum absolute atomic E-state index is 13.2. The highest BCUT2D eigenvalue weighted by atomic mass is 16.5. The summed E-state index contributed by atoms with van der Waals surface area (Å²) in [6.45, 7) is 0.502. The molecule has 0 aliphatic carbocycles. The lowest BCUT2D eigenvalue weighted by molar-refractivity contribution is -0.121. The van der Waals surface area contributed by atoms with Crippen molar-refractivity contribution in [3.63, 3.8) is 0 Å². The zero-order chi connectivity index (χ0) is 21.2. The number of fused-ring (bicyclic) bond motifs is 2. The monoisotopic (exact) mass is 413 g/mol. The van der Waals surface area contributed by atoms with Crippen LogP contribution >= 0.6 is 0 Å². The summed E-state index contributed by atoms with van der Waals surface area (Å²) in [6, 6.07) is 19.9. The van der Waals surface area contributed by atoms with Crippen molar-refractivity contribution in [1.29, 1.82) is 0 Å². The molecule has 1 aliphatic heterocycles. The molecule has 0 unspecified atom stereocenters. The smallest absolute Gasteiger partial charge is 0.266 e. The van der Waals surface area contributed by atoms with Crippen molar-refractivity contribution in [2.75, 3.05) is 6.54 Å². The van der Waals surface area contributed by atoms with E-state index in [9.17, 15) is 9.59 Å². The van der Waals surface area contributed by atoms with Gasteiger partial charge in [0.2, 0.25) is 5.91 Å². The highest BCUT2D eigenvalue weighted by Crippen LogP contribution is 2.43. The fourth-order valence-electron chi connectivity index (χ4n) is 3.70. The number of amides is 1. The molecule has 1 amide bonds. The van der Waals surface area contributed by atoms with Crippen LogP contribution in [0.15, 0.2) is 83.9 Å². The number of nitrogens with one attached hydrogen (secondary N) is 1. The maximum Gasteiger partial charge on any atom is 0.266 e. The van der Waals surface area contributed by atoms with E-state index in [0.29, 0.717) is 17.3 Å². The van der Waals surface area contributed by atoms with E-state index >= 15 is 0 Å². The Morgan fingerprint density at radius 3 is 2.35 bits per heavy atom. The molecule has 0 bridgehead atoms. The standard InChI is InChI=1S/C23H19N5O3/c29-21-11-10-20(27-14-5-12-25-27)26-28(21)15-13-24-23(30)22-16-6-1-3-8-18(16)31-19-9-4-2-7-17(19)22/h1-12,14,22H,13,15H2,(H,24,30). The summed E-state index contributed by atoms with van der Waals surface area (Å²) in [7, 11) is 0. The van der Waals surface area contributed by atoms with E-state index < -0.39 is 5.92 Å². The van der Waals surface area contributed by atoms with Crippen molar-refractivity contribution >= 4 is 5.91 Å². The van der Waals surface area contributed by atoms with Crippen molar-refractivity contribution in [3.05, 3.63) is 101 Å². The predicted octanol–water partition coefficient (Wildman–Crippen LogP) is 2.48. The number of nitrogens with zero attached hydrogens (tertiary/aromatic N) is 4. The van der Waals surface area contributed by atoms with E-state index in [1.54, 1.807) is 29.2 Å². The molecular formula is C23H19N5O3. The molecule has 0 radical (unpaired) electrons. The molecule has 0 saturated carbocycles. The molecule has 31 heavy (non-hydrogen) atoms. The minimum Gasteiger partial charge on any atom is -0.457 e. The molecule has 154 valence electrons. The molecule has 3 heterocycles. The van der Waals surface area contributed by atoms with Crippen LogP contribution in [0.5, 0.6) is 11.5 Å². The van der Waals surface area contributed by atoms with Crippen molar-refractivity contribution in [1.82, 2.24) is 24.9 Å². The van der Waals surface area contributed by atoms with Crippen LogP contribution in [0.2, 0.25) is 0 Å². The first kappa shape index (κ1) is 18.8. The van der Waals surface area contributed by atoms with E-state index in [-0.39, 0.29) is 24.6 Å². The molecule has 0 atom stereocenters. The average molecular weight is 413 g/mol. The molecule has 8 heteroatoms. The summed E-state index contributed by atoms with van der Waals surface area (Å²) in [5.41, 5.74) is 1.39. The largest absolute Gasteiger partial charge is 0.457 e. The van der Waals surface area contributed by atoms with Gasteiger partial charge >= 0.3 is 0 Å². The molecule has 2 aromatic heterocycles. The van der Waals surface area contributed by atoms with Gasteiger partial charge in [-0.05, 0) is 24.3 Å². The SMILES string of the molecule is O=C(NCCn1nc(-n2cccn2)ccc1=O)C1c2ccccc2Oc2ccccc21. The lowest BCUT2D eigenvalue weighted by Crippen LogP contribution is -2.36. The minimum absolute atomic E-state index is 0.153. The first-order valence-electron chi connectivity index (χ1n) is 9.92. The second kappa shape index (κ2) is 7.91. The van der Waals surface area contributed by atoms with Crippen LogP contribution in [0.25, 0.3) is 5.82 Å². The number of benzene rings is 2. The van der Waals surface area contributed by atoms with Gasteiger partial charge in [-0.15, -0.1) is 5.10 Å². The van der Waals surface area contributed by atoms with Gasteiger partial charge in [0.25, 0.3) is 5.56 Å². The number of aromatic nitrogens is 4. The number of carbonyl (C=O) groups excluding carboxylic acids is 1. The number of carbonyl (C=O) groups is 1. The Morgan fingerprint density at radius 1 is 0.968 bits per heavy atom. The lowest BCUT2D eigenvalue weighted by Gasteiger charge is -2.27. The fourth-order valence-corrected chi connectivity index (χ4v) is 3.70. The molecule has 0 fully saturated rings. The maximum atomic E-state index is 13.2. The molecule has 8 nitrogen and oxygen atoms in total. The molecule has 4 aromatic rings. The van der Waals surface area contributed by atoms with Crippen LogP contribution in [-0.4, -0.2) is 32.0 Å². The van der Waals surface area contributed by atoms with Crippen LogP contribution < -0.4 is 15.6 Å². The third kappa shape index (κ3) is 3.59. The number of para-hydroxylation sites is 2. The molecule has 2 aromatic carbocycles. The quantitative estimate of drug-likeness (QED) is 0.543. The molecule has 5 rings (SSSR count). The first-order valence-corrected chi connectivity index (χ1v) is 9.92. The topological polar surface area (TPSA) is 91.0 Å². The Bertz CT molecular complexity index is 1250. The van der Waals surface area contributed by atoms with Gasteiger partial charge in [-0.3, -0.25) is 9.59 Å². The van der Waals surface area contributed by atoms with E-state index in [2.05, 4.69) is 15.5 Å². The Hall–Kier alpha value is -4.20. The second-order valence-corrected chi connectivity index (χ2v) is 7.11. The molecule has 1 N–H and O–H groups in total. The van der Waals surface area contributed by atoms with E-state index in [1.165, 1.54) is 10.7 Å². The number of ether oxygens (including phenoxy) is 1. The highest BCUT2D eigenvalue weighted by Gasteiger charge is 2.32. The van der Waals surface area contributed by atoms with Crippen molar-refractivity contribution in [2.45, 2.75) is 12.5 Å². The van der Waals surface area contributed by atoms with E-state index in [1.807, 2.05) is 48.5 Å². The Balaban J connectivity index is 1.34. The summed E-state index contributed by atoms with van der Waals surface area (Å²) in [5, 5.41) is 11.4. The van der Waals surface area contributed by atoms with Crippen molar-refractivity contribution in [3.8, 4) is 17.3 Å². The number of hydrogen-bond donors (Lipinski definition) is 1. The van der Waals surface area contributed by atoms with Gasteiger partial charge < -0.3 is 10.1 Å². The van der Waals surface area contributed by atoms with Crippen molar-refractivity contribution in [2.24, 2.45) is 0 Å². The fraction of sp³-hybridized carbons (Fsp3) is 0.130. The average Bonchev–Trinajstić information content (AvgIpc) is 3.33. The third-order valence-electron chi connectivity index (χ3n) is 5.16. The minimum atomic E-state index is -0.485. The van der Waals surface area contributed by atoms with Gasteiger partial charge in [0.05, 0.1) is 12.5 Å². The van der Waals surface area contributed by atoms with Crippen LogP contribution in [-0.2, 0) is 11.3 Å². The van der Waals surface area contributed by atoms with Gasteiger partial charge in [0, 0.05) is 36.1 Å². The van der Waals surface area contributed by atoms with Crippen LogP contribution in [0.3, 0.4) is 0 Å². The normalized spacial score (nSPS) is 12.5. The zero-order valence-corrected chi connectivity index (χ0v) is 16.5. The predicted molar refractivity (Wildman–Crippen MR) is 113 cm³/mol. The summed E-state index contributed by atoms with van der Waals surface area (Å²) >= 11 is 0. The van der Waals surface area contributed by atoms with Crippen LogP contribution in [0.1, 0.15) is 17.0 Å². The molecule has 1 aliphatic rings. The van der Waals surface area contributed by atoms with Gasteiger partial charge in [0.1, 0.15) is 11.5 Å². The Morgan fingerprint density at radius 2 is 1.68 bits per heavy atom. The summed E-state index contributed by atoms with van der Waals surface area (Å²) < 4.78 is 8.85.